The predicted octanol–water partition coefficient (Wildman–Crippen LogP) is 2.81. The molecule has 10 nitrogen and oxygen atoms in total. The van der Waals surface area contributed by atoms with Gasteiger partial charge in [0.25, 0.3) is 5.91 Å². The Hall–Kier alpha value is -4.18. The van der Waals surface area contributed by atoms with Crippen LogP contribution in [0.5, 0.6) is 0 Å². The fourth-order valence-corrected chi connectivity index (χ4v) is 3.22. The fourth-order valence-electron chi connectivity index (χ4n) is 3.09. The molecule has 2 atom stereocenters. The van der Waals surface area contributed by atoms with Crippen molar-refractivity contribution in [1.29, 1.82) is 0 Å². The van der Waals surface area contributed by atoms with E-state index in [2.05, 4.69) is 15.6 Å². The molecule has 0 aliphatic carbocycles. The molecule has 3 aromatic rings. The Morgan fingerprint density at radius 3 is 2.19 bits per heavy atom. The number of pyridine rings is 1. The van der Waals surface area contributed by atoms with E-state index in [0.29, 0.717) is 10.6 Å². The van der Waals surface area contributed by atoms with Gasteiger partial charge in [0.2, 0.25) is 11.5 Å². The first-order chi connectivity index (χ1) is 17.1. The molecule has 11 heteroatoms. The molecule has 0 spiro atoms. The highest BCUT2D eigenvalue weighted by atomic mass is 35.5. The number of aromatic nitrogens is 1. The number of nitrogens with one attached hydrogen (secondary N) is 3. The van der Waals surface area contributed by atoms with Crippen molar-refractivity contribution in [2.45, 2.75) is 38.3 Å². The normalized spacial score (nSPS) is 11.9. The van der Waals surface area contributed by atoms with Gasteiger partial charge in [-0.1, -0.05) is 36.7 Å². The van der Waals surface area contributed by atoms with E-state index in [1.165, 1.54) is 30.3 Å². The number of rotatable bonds is 9. The second-order valence-electron chi connectivity index (χ2n) is 7.68. The lowest BCUT2D eigenvalue weighted by molar-refractivity contribution is -0.143. The minimum atomic E-state index is -1.34. The summed E-state index contributed by atoms with van der Waals surface area (Å²) in [6.07, 6.45) is -0.417. The summed E-state index contributed by atoms with van der Waals surface area (Å²) in [5, 5.41) is 24.0. The summed E-state index contributed by atoms with van der Waals surface area (Å²) in [6, 6.07) is 14.8. The molecule has 3 rings (SSSR count). The van der Waals surface area contributed by atoms with Gasteiger partial charge in [-0.25, -0.2) is 4.79 Å². The maximum Gasteiger partial charge on any atom is 0.326 e. The van der Waals surface area contributed by atoms with Gasteiger partial charge in [0.05, 0.1) is 0 Å². The number of aliphatic carboxylic acids is 2. The summed E-state index contributed by atoms with van der Waals surface area (Å²) in [6.45, 7) is 1.65. The van der Waals surface area contributed by atoms with Crippen molar-refractivity contribution in [3.8, 4) is 0 Å². The number of fused-ring (bicyclic) bond motifs is 1. The molecule has 5 N–H and O–H groups in total. The number of hydrogen-bond acceptors (Lipinski definition) is 5. The van der Waals surface area contributed by atoms with Crippen molar-refractivity contribution >= 4 is 46.3 Å². The second kappa shape index (κ2) is 13.6. The molecule has 36 heavy (non-hydrogen) atoms. The average Bonchev–Trinajstić information content (AvgIpc) is 2.85. The number of carboxylic acids is 2. The molecule has 2 amide bonds. The maximum absolute atomic E-state index is 12.2. The van der Waals surface area contributed by atoms with E-state index >= 15 is 0 Å². The second-order valence-corrected chi connectivity index (χ2v) is 8.12. The topological polar surface area (TPSA) is 166 Å². The molecular formula is C25H26ClN3O7. The highest BCUT2D eigenvalue weighted by Crippen LogP contribution is 2.10. The summed E-state index contributed by atoms with van der Waals surface area (Å²) < 4.78 is 0. The first-order valence-corrected chi connectivity index (χ1v) is 11.4. The van der Waals surface area contributed by atoms with Gasteiger partial charge in [-0.15, -0.1) is 0 Å². The van der Waals surface area contributed by atoms with E-state index in [1.54, 1.807) is 6.92 Å². The molecule has 1 heterocycles. The molecule has 0 aliphatic heterocycles. The number of hydrogen-bond donors (Lipinski definition) is 5. The standard InChI is InChI=1S/C16H19ClN2O6.C9H7NO/c1-2-11(18-14(22)9-3-5-10(17)6-4-9)15(23)19-12(16(24)25)7-8-13(20)21;11-9-6-5-7-3-1-2-4-8(7)10-9/h3-6,11-12H,2,7-8H2,1H3,(H,18,22)(H,19,23)(H,20,21)(H,24,25);1-6H,(H,10,11). The summed E-state index contributed by atoms with van der Waals surface area (Å²) in [5.74, 6) is -3.70. The van der Waals surface area contributed by atoms with E-state index < -0.39 is 42.3 Å². The largest absolute Gasteiger partial charge is 0.481 e. The van der Waals surface area contributed by atoms with Crippen LogP contribution in [0.1, 0.15) is 36.5 Å². The molecule has 190 valence electrons. The molecule has 0 saturated heterocycles. The summed E-state index contributed by atoms with van der Waals surface area (Å²) in [5.41, 5.74) is 1.14. The van der Waals surface area contributed by atoms with Crippen molar-refractivity contribution in [3.05, 3.63) is 81.6 Å². The lowest BCUT2D eigenvalue weighted by atomic mass is 10.1. The van der Waals surface area contributed by atoms with Crippen LogP contribution >= 0.6 is 11.6 Å². The van der Waals surface area contributed by atoms with Gasteiger partial charge < -0.3 is 25.8 Å². The van der Waals surface area contributed by atoms with Gasteiger partial charge in [0.1, 0.15) is 12.1 Å². The quantitative estimate of drug-likeness (QED) is 0.292. The van der Waals surface area contributed by atoms with Crippen LogP contribution in [0.2, 0.25) is 5.02 Å². The Bertz CT molecular complexity index is 1270. The van der Waals surface area contributed by atoms with Crippen LogP contribution in [0.15, 0.2) is 65.5 Å². The Labute approximate surface area is 211 Å². The van der Waals surface area contributed by atoms with Crippen LogP contribution in [0.25, 0.3) is 10.9 Å². The predicted molar refractivity (Wildman–Crippen MR) is 134 cm³/mol. The molecule has 0 radical (unpaired) electrons. The van der Waals surface area contributed by atoms with Crippen molar-refractivity contribution in [2.24, 2.45) is 0 Å². The molecule has 2 aromatic carbocycles. The zero-order valence-electron chi connectivity index (χ0n) is 19.4. The maximum atomic E-state index is 12.2. The van der Waals surface area contributed by atoms with Gasteiger partial charge >= 0.3 is 11.9 Å². The number of carbonyl (C=O) groups excluding carboxylic acids is 2. The molecule has 0 bridgehead atoms. The Kier molecular flexibility index (Phi) is 10.6. The molecular weight excluding hydrogens is 490 g/mol. The summed E-state index contributed by atoms with van der Waals surface area (Å²) in [4.78, 5) is 59.6. The van der Waals surface area contributed by atoms with Gasteiger partial charge in [-0.3, -0.25) is 19.2 Å². The number of aromatic amines is 1. The molecule has 1 aromatic heterocycles. The lowest BCUT2D eigenvalue weighted by Gasteiger charge is -2.20. The van der Waals surface area contributed by atoms with Crippen molar-refractivity contribution in [1.82, 2.24) is 15.6 Å². The van der Waals surface area contributed by atoms with E-state index in [1.807, 2.05) is 30.3 Å². The van der Waals surface area contributed by atoms with Gasteiger partial charge in [0.15, 0.2) is 0 Å². The van der Waals surface area contributed by atoms with Crippen molar-refractivity contribution in [2.75, 3.05) is 0 Å². The highest BCUT2D eigenvalue weighted by Gasteiger charge is 2.26. The number of benzene rings is 2. The Balaban J connectivity index is 0.000000340. The Morgan fingerprint density at radius 1 is 0.917 bits per heavy atom. The lowest BCUT2D eigenvalue weighted by Crippen LogP contribution is -2.51. The van der Waals surface area contributed by atoms with Crippen LogP contribution in [0.3, 0.4) is 0 Å². The number of H-pyrrole nitrogens is 1. The van der Waals surface area contributed by atoms with Crippen molar-refractivity contribution in [3.63, 3.8) is 0 Å². The summed E-state index contributed by atoms with van der Waals surface area (Å²) >= 11 is 5.75. The fraction of sp³-hybridized carbons (Fsp3) is 0.240. The number of halogens is 1. The molecule has 0 fully saturated rings. The van der Waals surface area contributed by atoms with Crippen molar-refractivity contribution < 1.29 is 29.4 Å². The molecule has 0 aliphatic rings. The molecule has 0 saturated carbocycles. The average molecular weight is 516 g/mol. The van der Waals surface area contributed by atoms with Crippen LogP contribution in [-0.4, -0.2) is 51.0 Å². The zero-order chi connectivity index (χ0) is 26.7. The Morgan fingerprint density at radius 2 is 1.58 bits per heavy atom. The SMILES string of the molecule is CCC(NC(=O)c1ccc(Cl)cc1)C(=O)NC(CCC(=O)O)C(=O)O.O=c1ccc2ccccc2[nH]1. The van der Waals surface area contributed by atoms with E-state index in [4.69, 9.17) is 21.8 Å². The number of carboxylic acid groups (broad SMARTS) is 2. The molecule has 2 unspecified atom stereocenters. The third-order valence-electron chi connectivity index (χ3n) is 5.03. The van der Waals surface area contributed by atoms with E-state index in [0.717, 1.165) is 10.9 Å². The smallest absolute Gasteiger partial charge is 0.326 e. The van der Waals surface area contributed by atoms with Crippen LogP contribution in [-0.2, 0) is 14.4 Å². The van der Waals surface area contributed by atoms with Gasteiger partial charge in [0, 0.05) is 28.6 Å². The van der Waals surface area contributed by atoms with Crippen LogP contribution < -0.4 is 16.2 Å². The minimum Gasteiger partial charge on any atom is -0.481 e. The first kappa shape index (κ1) is 28.1. The van der Waals surface area contributed by atoms with E-state index in [9.17, 15) is 24.0 Å². The zero-order valence-corrected chi connectivity index (χ0v) is 20.1. The first-order valence-electron chi connectivity index (χ1n) is 11.0. The highest BCUT2D eigenvalue weighted by molar-refractivity contribution is 6.30. The minimum absolute atomic E-state index is 0.0521. The third kappa shape index (κ3) is 8.88. The number of amides is 2. The third-order valence-corrected chi connectivity index (χ3v) is 5.28. The number of para-hydroxylation sites is 1. The van der Waals surface area contributed by atoms with Crippen LogP contribution in [0.4, 0.5) is 0 Å². The van der Waals surface area contributed by atoms with Crippen LogP contribution in [0, 0.1) is 0 Å². The monoisotopic (exact) mass is 515 g/mol. The van der Waals surface area contributed by atoms with Gasteiger partial charge in [-0.2, -0.15) is 0 Å². The number of carbonyl (C=O) groups is 4. The summed E-state index contributed by atoms with van der Waals surface area (Å²) in [7, 11) is 0. The van der Waals surface area contributed by atoms with Gasteiger partial charge in [-0.05, 0) is 54.6 Å². The van der Waals surface area contributed by atoms with E-state index in [-0.39, 0.29) is 18.4 Å².